The number of ether oxygens (including phenoxy) is 2. The fourth-order valence-corrected chi connectivity index (χ4v) is 2.47. The number of carbonyl (C=O) groups is 2. The number of hydrogen-bond donors (Lipinski definition) is 1. The van der Waals surface area contributed by atoms with Gasteiger partial charge in [0.2, 0.25) is 0 Å². The fourth-order valence-electron chi connectivity index (χ4n) is 1.89. The van der Waals surface area contributed by atoms with Gasteiger partial charge in [-0.25, -0.2) is 4.79 Å². The molecular weight excluding hydrogens is 389 g/mol. The summed E-state index contributed by atoms with van der Waals surface area (Å²) >= 11 is 17.8. The Balaban J connectivity index is 2.03. The van der Waals surface area contributed by atoms with Crippen molar-refractivity contribution in [2.45, 2.75) is 13.0 Å². The first-order chi connectivity index (χ1) is 11.8. The molecule has 2 aromatic carbocycles. The maximum Gasteiger partial charge on any atom is 0.337 e. The van der Waals surface area contributed by atoms with Crippen LogP contribution in [0.5, 0.6) is 5.75 Å². The number of anilines is 1. The standard InChI is InChI=1S/C17H14Cl3NO4/c1-9(25-15-8-13(19)12(18)7-14(15)20)16(22)21-11-5-3-10(4-6-11)17(23)24-2/h3-9H,1-2H3,(H,21,22)/t9-/m0/s1. The summed E-state index contributed by atoms with van der Waals surface area (Å²) < 4.78 is 10.1. The lowest BCUT2D eigenvalue weighted by Gasteiger charge is -2.16. The molecule has 0 aliphatic rings. The molecule has 0 radical (unpaired) electrons. The zero-order valence-electron chi connectivity index (χ0n) is 13.3. The Labute approximate surface area is 159 Å². The molecule has 0 saturated carbocycles. The highest BCUT2D eigenvalue weighted by molar-refractivity contribution is 6.43. The monoisotopic (exact) mass is 401 g/mol. The molecule has 8 heteroatoms. The molecule has 0 heterocycles. The average molecular weight is 403 g/mol. The van der Waals surface area contributed by atoms with Crippen LogP contribution >= 0.6 is 34.8 Å². The van der Waals surface area contributed by atoms with E-state index in [2.05, 4.69) is 10.1 Å². The quantitative estimate of drug-likeness (QED) is 0.574. The lowest BCUT2D eigenvalue weighted by atomic mass is 10.2. The lowest BCUT2D eigenvalue weighted by molar-refractivity contribution is -0.122. The van der Waals surface area contributed by atoms with E-state index in [4.69, 9.17) is 39.5 Å². The molecule has 0 bridgehead atoms. The van der Waals surface area contributed by atoms with Crippen molar-refractivity contribution in [1.29, 1.82) is 0 Å². The molecule has 1 atom stereocenters. The van der Waals surface area contributed by atoms with E-state index < -0.39 is 18.0 Å². The summed E-state index contributed by atoms with van der Waals surface area (Å²) in [6.07, 6.45) is -0.838. The molecule has 0 spiro atoms. The first-order valence-corrected chi connectivity index (χ1v) is 8.25. The number of halogens is 3. The Morgan fingerprint density at radius 2 is 1.60 bits per heavy atom. The van der Waals surface area contributed by atoms with Crippen molar-refractivity contribution < 1.29 is 19.1 Å². The molecule has 0 unspecified atom stereocenters. The molecule has 2 aromatic rings. The maximum absolute atomic E-state index is 12.2. The summed E-state index contributed by atoms with van der Waals surface area (Å²) in [6, 6.07) is 9.15. The number of hydrogen-bond acceptors (Lipinski definition) is 4. The van der Waals surface area contributed by atoms with Gasteiger partial charge in [-0.3, -0.25) is 4.79 Å². The first-order valence-electron chi connectivity index (χ1n) is 7.12. The predicted molar refractivity (Wildman–Crippen MR) is 98.0 cm³/mol. The fraction of sp³-hybridized carbons (Fsp3) is 0.176. The summed E-state index contributed by atoms with van der Waals surface area (Å²) in [5.41, 5.74) is 0.890. The van der Waals surface area contributed by atoms with Crippen molar-refractivity contribution in [3.63, 3.8) is 0 Å². The molecule has 0 fully saturated rings. The van der Waals surface area contributed by atoms with Crippen LogP contribution < -0.4 is 10.1 Å². The number of nitrogens with one attached hydrogen (secondary N) is 1. The van der Waals surface area contributed by atoms with Crippen LogP contribution in [0.3, 0.4) is 0 Å². The molecule has 0 aromatic heterocycles. The van der Waals surface area contributed by atoms with Crippen molar-refractivity contribution in [1.82, 2.24) is 0 Å². The predicted octanol–water partition coefficient (Wildman–Crippen LogP) is 4.84. The van der Waals surface area contributed by atoms with Crippen LogP contribution in [0.15, 0.2) is 36.4 Å². The Kier molecular flexibility index (Phi) is 6.53. The lowest BCUT2D eigenvalue weighted by Crippen LogP contribution is -2.30. The highest BCUT2D eigenvalue weighted by Gasteiger charge is 2.18. The summed E-state index contributed by atoms with van der Waals surface area (Å²) in [7, 11) is 1.30. The van der Waals surface area contributed by atoms with Crippen LogP contribution in [0.25, 0.3) is 0 Å². The van der Waals surface area contributed by atoms with Crippen molar-refractivity contribution in [3.8, 4) is 5.75 Å². The number of rotatable bonds is 5. The normalized spacial score (nSPS) is 11.6. The second kappa shape index (κ2) is 8.43. The van der Waals surface area contributed by atoms with Crippen molar-refractivity contribution in [3.05, 3.63) is 57.0 Å². The molecule has 1 N–H and O–H groups in total. The van der Waals surface area contributed by atoms with E-state index in [1.54, 1.807) is 31.2 Å². The second-order valence-corrected chi connectivity index (χ2v) is 6.24. The van der Waals surface area contributed by atoms with Crippen LogP contribution in [0, 0.1) is 0 Å². The van der Waals surface area contributed by atoms with Gasteiger partial charge in [0.15, 0.2) is 6.10 Å². The van der Waals surface area contributed by atoms with Gasteiger partial charge in [0.25, 0.3) is 5.91 Å². The molecule has 1 amide bonds. The average Bonchev–Trinajstić information content (AvgIpc) is 2.59. The van der Waals surface area contributed by atoms with Crippen LogP contribution in [-0.4, -0.2) is 25.1 Å². The summed E-state index contributed by atoms with van der Waals surface area (Å²) in [6.45, 7) is 1.57. The number of amides is 1. The molecule has 2 rings (SSSR count). The second-order valence-electron chi connectivity index (χ2n) is 5.02. The van der Waals surface area contributed by atoms with Crippen LogP contribution in [0.2, 0.25) is 15.1 Å². The SMILES string of the molecule is COC(=O)c1ccc(NC(=O)[C@H](C)Oc2cc(Cl)c(Cl)cc2Cl)cc1. The van der Waals surface area contributed by atoms with E-state index in [9.17, 15) is 9.59 Å². The van der Waals surface area contributed by atoms with Crippen LogP contribution in [0.4, 0.5) is 5.69 Å². The van der Waals surface area contributed by atoms with Crippen LogP contribution in [-0.2, 0) is 9.53 Å². The summed E-state index contributed by atoms with van der Waals surface area (Å²) in [4.78, 5) is 23.6. The largest absolute Gasteiger partial charge is 0.479 e. The van der Waals surface area contributed by atoms with Gasteiger partial charge in [-0.15, -0.1) is 0 Å². The molecule has 25 heavy (non-hydrogen) atoms. The van der Waals surface area contributed by atoms with E-state index in [1.807, 2.05) is 0 Å². The maximum atomic E-state index is 12.2. The number of methoxy groups -OCH3 is 1. The van der Waals surface area contributed by atoms with Crippen molar-refractivity contribution in [2.24, 2.45) is 0 Å². The minimum Gasteiger partial charge on any atom is -0.479 e. The third-order valence-electron chi connectivity index (χ3n) is 3.22. The summed E-state index contributed by atoms with van der Waals surface area (Å²) in [5.74, 6) is -0.600. The van der Waals surface area contributed by atoms with Gasteiger partial charge in [-0.2, -0.15) is 0 Å². The first kappa shape index (κ1) is 19.4. The van der Waals surface area contributed by atoms with Gasteiger partial charge in [0, 0.05) is 11.8 Å². The Morgan fingerprint density at radius 3 is 2.20 bits per heavy atom. The van der Waals surface area contributed by atoms with Gasteiger partial charge in [0.1, 0.15) is 5.75 Å². The topological polar surface area (TPSA) is 64.6 Å². The van der Waals surface area contributed by atoms with E-state index in [0.29, 0.717) is 16.3 Å². The third kappa shape index (κ3) is 5.01. The molecule has 0 aliphatic heterocycles. The number of benzene rings is 2. The van der Waals surface area contributed by atoms with Crippen molar-refractivity contribution >= 4 is 52.4 Å². The van der Waals surface area contributed by atoms with Gasteiger partial charge in [0.05, 0.1) is 27.7 Å². The van der Waals surface area contributed by atoms with E-state index in [-0.39, 0.29) is 15.8 Å². The Morgan fingerprint density at radius 1 is 1.00 bits per heavy atom. The Bertz CT molecular complexity index is 793. The minimum absolute atomic E-state index is 0.247. The highest BCUT2D eigenvalue weighted by Crippen LogP contribution is 2.34. The summed E-state index contributed by atoms with van der Waals surface area (Å²) in [5, 5.41) is 3.48. The Hall–Kier alpha value is -1.95. The molecule has 0 saturated heterocycles. The molecule has 132 valence electrons. The van der Waals surface area contributed by atoms with Gasteiger partial charge >= 0.3 is 5.97 Å². The third-order valence-corrected chi connectivity index (χ3v) is 4.24. The molecule has 5 nitrogen and oxygen atoms in total. The zero-order valence-corrected chi connectivity index (χ0v) is 15.6. The minimum atomic E-state index is -0.838. The molecular formula is C17H14Cl3NO4. The van der Waals surface area contributed by atoms with E-state index >= 15 is 0 Å². The van der Waals surface area contributed by atoms with Crippen molar-refractivity contribution in [2.75, 3.05) is 12.4 Å². The number of carbonyl (C=O) groups excluding carboxylic acids is 2. The van der Waals surface area contributed by atoms with Crippen LogP contribution in [0.1, 0.15) is 17.3 Å². The van der Waals surface area contributed by atoms with Gasteiger partial charge in [-0.05, 0) is 37.3 Å². The highest BCUT2D eigenvalue weighted by atomic mass is 35.5. The van der Waals surface area contributed by atoms with E-state index in [1.165, 1.54) is 19.2 Å². The molecule has 0 aliphatic carbocycles. The van der Waals surface area contributed by atoms with Gasteiger partial charge in [-0.1, -0.05) is 34.8 Å². The van der Waals surface area contributed by atoms with Gasteiger partial charge < -0.3 is 14.8 Å². The van der Waals surface area contributed by atoms with E-state index in [0.717, 1.165) is 0 Å². The smallest absolute Gasteiger partial charge is 0.337 e. The zero-order chi connectivity index (χ0) is 18.6. The number of esters is 1.